The van der Waals surface area contributed by atoms with Gasteiger partial charge in [0.1, 0.15) is 5.69 Å². The van der Waals surface area contributed by atoms with E-state index >= 15 is 0 Å². The van der Waals surface area contributed by atoms with Crippen LogP contribution in [-0.4, -0.2) is 81.6 Å². The number of rotatable bonds is 8. The van der Waals surface area contributed by atoms with Crippen molar-refractivity contribution >= 4 is 26.8 Å². The summed E-state index contributed by atoms with van der Waals surface area (Å²) in [5.41, 5.74) is 2.38. The van der Waals surface area contributed by atoms with Gasteiger partial charge in [-0.1, -0.05) is 30.3 Å². The first-order chi connectivity index (χ1) is 15.9. The zero-order valence-corrected chi connectivity index (χ0v) is 19.8. The summed E-state index contributed by atoms with van der Waals surface area (Å²) in [4.78, 5) is 15.6. The van der Waals surface area contributed by atoms with Crippen molar-refractivity contribution in [1.29, 1.82) is 0 Å². The molecule has 3 aromatic rings. The Bertz CT molecular complexity index is 1220. The third kappa shape index (κ3) is 5.27. The molecule has 1 N–H and O–H groups in total. The summed E-state index contributed by atoms with van der Waals surface area (Å²) in [6.45, 7) is 4.98. The van der Waals surface area contributed by atoms with Crippen LogP contribution in [0.4, 0.5) is 0 Å². The summed E-state index contributed by atoms with van der Waals surface area (Å²) in [5.74, 6) is -0.174. The van der Waals surface area contributed by atoms with Crippen LogP contribution in [0, 0.1) is 0 Å². The van der Waals surface area contributed by atoms with E-state index in [1.165, 1.54) is 18.4 Å². The summed E-state index contributed by atoms with van der Waals surface area (Å²) < 4.78 is 33.7. The number of hydrogen-bond donors (Lipinski definition) is 1. The Balaban J connectivity index is 1.63. The number of carbonyl (C=O) groups is 1. The Morgan fingerprint density at radius 3 is 2.48 bits per heavy atom. The van der Waals surface area contributed by atoms with Gasteiger partial charge in [-0.05, 0) is 29.8 Å². The fraction of sp³-hybridized carbons (Fsp3) is 0.375. The maximum absolute atomic E-state index is 13.2. The van der Waals surface area contributed by atoms with Crippen LogP contribution in [-0.2, 0) is 21.3 Å². The van der Waals surface area contributed by atoms with Gasteiger partial charge < -0.3 is 14.6 Å². The monoisotopic (exact) mass is 470 g/mol. The van der Waals surface area contributed by atoms with Crippen molar-refractivity contribution in [1.82, 2.24) is 19.1 Å². The summed E-state index contributed by atoms with van der Waals surface area (Å²) >= 11 is 0. The summed E-state index contributed by atoms with van der Waals surface area (Å²) in [6, 6.07) is 16.7. The summed E-state index contributed by atoms with van der Waals surface area (Å²) in [6.07, 6.45) is 0. The van der Waals surface area contributed by atoms with E-state index in [0.29, 0.717) is 24.2 Å². The molecular weight excluding hydrogens is 440 g/mol. The van der Waals surface area contributed by atoms with Crippen LogP contribution in [0.3, 0.4) is 0 Å². The molecule has 8 nitrogen and oxygen atoms in total. The molecule has 33 heavy (non-hydrogen) atoms. The molecule has 4 rings (SSSR count). The average Bonchev–Trinajstić information content (AvgIpc) is 3.18. The Morgan fingerprint density at radius 1 is 1.06 bits per heavy atom. The van der Waals surface area contributed by atoms with E-state index in [-0.39, 0.29) is 10.8 Å². The largest absolute Gasteiger partial charge is 0.379 e. The van der Waals surface area contributed by atoms with E-state index in [4.69, 9.17) is 4.74 Å². The van der Waals surface area contributed by atoms with Crippen LogP contribution in [0.5, 0.6) is 0 Å². The first kappa shape index (κ1) is 23.4. The number of sulfonamides is 1. The number of nitrogens with one attached hydrogen (secondary N) is 1. The predicted octanol–water partition coefficient (Wildman–Crippen LogP) is 2.00. The molecule has 176 valence electrons. The second kappa shape index (κ2) is 10.0. The van der Waals surface area contributed by atoms with Crippen molar-refractivity contribution < 1.29 is 17.9 Å². The number of benzene rings is 2. The molecule has 9 heteroatoms. The number of aromatic nitrogens is 1. The van der Waals surface area contributed by atoms with Gasteiger partial charge in [0.2, 0.25) is 10.0 Å². The molecule has 0 unspecified atom stereocenters. The number of nitrogens with zero attached hydrogens (tertiary/aromatic N) is 3. The number of amides is 1. The minimum atomic E-state index is -3.57. The second-order valence-corrected chi connectivity index (χ2v) is 10.5. The summed E-state index contributed by atoms with van der Waals surface area (Å²) in [7, 11) is -0.555. The van der Waals surface area contributed by atoms with Gasteiger partial charge in [0.05, 0.1) is 18.1 Å². The van der Waals surface area contributed by atoms with Crippen molar-refractivity contribution in [3.05, 3.63) is 65.9 Å². The van der Waals surface area contributed by atoms with E-state index in [9.17, 15) is 13.2 Å². The molecule has 1 amide bonds. The third-order valence-electron chi connectivity index (χ3n) is 5.88. The quantitative estimate of drug-likeness (QED) is 0.545. The Kier molecular flexibility index (Phi) is 7.14. The van der Waals surface area contributed by atoms with Crippen molar-refractivity contribution in [3.8, 4) is 0 Å². The average molecular weight is 471 g/mol. The highest BCUT2D eigenvalue weighted by Crippen LogP contribution is 2.26. The van der Waals surface area contributed by atoms with Gasteiger partial charge in [0, 0.05) is 57.7 Å². The first-order valence-corrected chi connectivity index (χ1v) is 12.5. The number of ether oxygens (including phenoxy) is 1. The van der Waals surface area contributed by atoms with Crippen molar-refractivity contribution in [2.24, 2.45) is 0 Å². The molecule has 2 heterocycles. The fourth-order valence-corrected chi connectivity index (χ4v) is 4.93. The lowest BCUT2D eigenvalue weighted by Gasteiger charge is -2.26. The summed E-state index contributed by atoms with van der Waals surface area (Å²) in [5, 5.41) is 3.74. The molecule has 0 bridgehead atoms. The maximum atomic E-state index is 13.2. The van der Waals surface area contributed by atoms with E-state index in [1.807, 2.05) is 34.9 Å². The van der Waals surface area contributed by atoms with Crippen molar-refractivity contribution in [2.75, 3.05) is 53.5 Å². The minimum absolute atomic E-state index is 0.174. The topological polar surface area (TPSA) is 83.9 Å². The van der Waals surface area contributed by atoms with E-state index in [0.717, 1.165) is 43.9 Å². The normalized spacial score (nSPS) is 15.2. The van der Waals surface area contributed by atoms with Gasteiger partial charge in [0.15, 0.2) is 0 Å². The SMILES string of the molecule is CN(C)S(=O)(=O)c1ccc2c(c1)cc(C(=O)NCCN1CCOCC1)n2Cc1ccccc1. The molecule has 0 aliphatic carbocycles. The number of hydrogen-bond acceptors (Lipinski definition) is 5. The van der Waals surface area contributed by atoms with E-state index in [1.54, 1.807) is 24.3 Å². The van der Waals surface area contributed by atoms with Gasteiger partial charge in [-0.15, -0.1) is 0 Å². The van der Waals surface area contributed by atoms with Gasteiger partial charge in [0.25, 0.3) is 5.91 Å². The lowest BCUT2D eigenvalue weighted by atomic mass is 10.2. The Hall–Kier alpha value is -2.72. The number of fused-ring (bicyclic) bond motifs is 1. The zero-order valence-electron chi connectivity index (χ0n) is 19.0. The molecule has 1 saturated heterocycles. The molecule has 2 aromatic carbocycles. The Morgan fingerprint density at radius 2 is 1.79 bits per heavy atom. The van der Waals surface area contributed by atoms with Gasteiger partial charge >= 0.3 is 0 Å². The molecule has 1 aliphatic heterocycles. The highest BCUT2D eigenvalue weighted by molar-refractivity contribution is 7.89. The standard InChI is InChI=1S/C24H30N4O4S/c1-26(2)33(30,31)21-8-9-22-20(16-21)17-23(28(22)18-19-6-4-3-5-7-19)24(29)25-10-11-27-12-14-32-15-13-27/h3-9,16-17H,10-15,18H2,1-2H3,(H,25,29). The molecule has 1 fully saturated rings. The second-order valence-electron chi connectivity index (χ2n) is 8.32. The minimum Gasteiger partial charge on any atom is -0.379 e. The smallest absolute Gasteiger partial charge is 0.267 e. The van der Waals surface area contributed by atoms with Crippen LogP contribution in [0.2, 0.25) is 0 Å². The zero-order chi connectivity index (χ0) is 23.4. The number of carbonyl (C=O) groups excluding carboxylic acids is 1. The molecule has 1 aromatic heterocycles. The van der Waals surface area contributed by atoms with Crippen LogP contribution in [0.25, 0.3) is 10.9 Å². The van der Waals surface area contributed by atoms with Gasteiger partial charge in [-0.3, -0.25) is 9.69 Å². The molecule has 0 saturated carbocycles. The van der Waals surface area contributed by atoms with Crippen LogP contribution in [0.15, 0.2) is 59.5 Å². The van der Waals surface area contributed by atoms with E-state index < -0.39 is 10.0 Å². The highest BCUT2D eigenvalue weighted by atomic mass is 32.2. The van der Waals surface area contributed by atoms with Crippen molar-refractivity contribution in [2.45, 2.75) is 11.4 Å². The Labute approximate surface area is 194 Å². The maximum Gasteiger partial charge on any atom is 0.267 e. The molecule has 0 spiro atoms. The molecule has 0 atom stereocenters. The van der Waals surface area contributed by atoms with Gasteiger partial charge in [-0.2, -0.15) is 0 Å². The van der Waals surface area contributed by atoms with Crippen molar-refractivity contribution in [3.63, 3.8) is 0 Å². The lowest BCUT2D eigenvalue weighted by Crippen LogP contribution is -2.41. The first-order valence-electron chi connectivity index (χ1n) is 11.0. The fourth-order valence-electron chi connectivity index (χ4n) is 3.99. The highest BCUT2D eigenvalue weighted by Gasteiger charge is 2.21. The van der Waals surface area contributed by atoms with E-state index in [2.05, 4.69) is 10.2 Å². The third-order valence-corrected chi connectivity index (χ3v) is 7.70. The predicted molar refractivity (Wildman–Crippen MR) is 128 cm³/mol. The van der Waals surface area contributed by atoms with Crippen LogP contribution in [0.1, 0.15) is 16.1 Å². The van der Waals surface area contributed by atoms with Gasteiger partial charge in [-0.25, -0.2) is 12.7 Å². The molecule has 0 radical (unpaired) electrons. The molecular formula is C24H30N4O4S. The number of morpholine rings is 1. The van der Waals surface area contributed by atoms with Crippen LogP contribution >= 0.6 is 0 Å². The molecule has 1 aliphatic rings. The van der Waals surface area contributed by atoms with Crippen LogP contribution < -0.4 is 5.32 Å². The lowest BCUT2D eigenvalue weighted by molar-refractivity contribution is 0.0383.